The molecule has 5 atom stereocenters. The molecule has 8 N–H and O–H groups in total. The Labute approximate surface area is 337 Å². The molecule has 0 saturated heterocycles. The highest BCUT2D eigenvalue weighted by Gasteiger charge is 2.27. The second kappa shape index (κ2) is 20.1. The van der Waals surface area contributed by atoms with E-state index in [1.54, 1.807) is 48.5 Å². The lowest BCUT2D eigenvalue weighted by Gasteiger charge is -2.22. The Balaban J connectivity index is 1.50. The van der Waals surface area contributed by atoms with Crippen LogP contribution in [0.4, 0.5) is 5.82 Å². The molecule has 17 nitrogen and oxygen atoms in total. The van der Waals surface area contributed by atoms with Gasteiger partial charge in [0.05, 0.1) is 23.3 Å². The van der Waals surface area contributed by atoms with Crippen LogP contribution < -0.4 is 32.6 Å². The number of aromatic nitrogens is 2. The smallest absolute Gasteiger partial charge is 0.328 e. The van der Waals surface area contributed by atoms with Crippen LogP contribution >= 0.6 is 23.4 Å². The van der Waals surface area contributed by atoms with Crippen LogP contribution in [-0.2, 0) is 34.4 Å². The van der Waals surface area contributed by atoms with Gasteiger partial charge in [-0.05, 0) is 69.7 Å². The van der Waals surface area contributed by atoms with Gasteiger partial charge in [-0.25, -0.2) is 19.6 Å². The molecule has 0 aliphatic heterocycles. The standard InChI is InChI=1S/C38H40ClN9O8S/c1-19(42)33(49)45-21(3)37(51)55-17-28(56-38(52)22(4)46-34(50)20(2)43)16-53-27-11-7-23(8-12-27)31-29(13-40)32(44)48-36(30(31)14-41)57-18-26-15-54-35(47-26)24-5-9-25(39)10-6-24/h5-12,15,19-22,28H,16-18,42-43H2,1-4H3,(H2,44,48)(H,45,49)(H,46,50)/t19-,20-,21+,22+,28+/m1/s1. The van der Waals surface area contributed by atoms with Crippen molar-refractivity contribution in [3.05, 3.63) is 76.6 Å². The first-order valence-electron chi connectivity index (χ1n) is 17.3. The van der Waals surface area contributed by atoms with E-state index in [-0.39, 0.29) is 45.6 Å². The summed E-state index contributed by atoms with van der Waals surface area (Å²) < 4.78 is 22.3. The van der Waals surface area contributed by atoms with E-state index in [0.717, 1.165) is 5.56 Å². The summed E-state index contributed by atoms with van der Waals surface area (Å²) >= 11 is 7.18. The molecule has 0 aliphatic carbocycles. The number of thioether (sulfide) groups is 1. The number of rotatable bonds is 17. The summed E-state index contributed by atoms with van der Waals surface area (Å²) in [5, 5.41) is 26.0. The molecule has 0 radical (unpaired) electrons. The molecular formula is C38H40ClN9O8S. The summed E-state index contributed by atoms with van der Waals surface area (Å²) in [6, 6.07) is 13.6. The number of carbonyl (C=O) groups excluding carboxylic acids is 4. The van der Waals surface area contributed by atoms with Crippen LogP contribution in [0.5, 0.6) is 5.75 Å². The SMILES string of the molecule is C[C@H](NC(=O)[C@@H](C)N)C(=O)OC[C@H](COc1ccc(-c2c(C#N)c(N)nc(SCc3coc(-c4ccc(Cl)cc4)n3)c2C#N)cc1)OC(=O)[C@H](C)NC(=O)[C@@H](C)N. The van der Waals surface area contributed by atoms with Crippen LogP contribution in [0.3, 0.4) is 0 Å². The minimum Gasteiger partial charge on any atom is -0.490 e. The minimum atomic E-state index is -1.17. The summed E-state index contributed by atoms with van der Waals surface area (Å²) in [6.45, 7) is 4.90. The predicted molar refractivity (Wildman–Crippen MR) is 209 cm³/mol. The number of nitriles is 2. The molecule has 4 rings (SSSR count). The molecule has 0 bridgehead atoms. The zero-order valence-electron chi connectivity index (χ0n) is 31.3. The molecule has 0 saturated carbocycles. The fourth-order valence-corrected chi connectivity index (χ4v) is 5.83. The zero-order chi connectivity index (χ0) is 41.8. The maximum absolute atomic E-state index is 12.9. The number of hydrogen-bond donors (Lipinski definition) is 5. The molecule has 2 heterocycles. The highest BCUT2D eigenvalue weighted by Crippen LogP contribution is 2.37. The molecular weight excluding hydrogens is 778 g/mol. The molecule has 0 aliphatic rings. The fraction of sp³-hybridized carbons (Fsp3) is 0.316. The zero-order valence-corrected chi connectivity index (χ0v) is 32.8. The molecule has 2 aromatic carbocycles. The Hall–Kier alpha value is -6.18. The van der Waals surface area contributed by atoms with Crippen molar-refractivity contribution in [1.82, 2.24) is 20.6 Å². The van der Waals surface area contributed by atoms with Gasteiger partial charge in [-0.1, -0.05) is 35.5 Å². The highest BCUT2D eigenvalue weighted by atomic mass is 35.5. The molecule has 298 valence electrons. The van der Waals surface area contributed by atoms with Crippen molar-refractivity contribution in [2.45, 2.75) is 68.7 Å². The van der Waals surface area contributed by atoms with Crippen LogP contribution in [0.2, 0.25) is 5.02 Å². The molecule has 0 spiro atoms. The first-order valence-corrected chi connectivity index (χ1v) is 18.7. The van der Waals surface area contributed by atoms with Gasteiger partial charge >= 0.3 is 11.9 Å². The third kappa shape index (κ3) is 11.9. The van der Waals surface area contributed by atoms with E-state index in [9.17, 15) is 29.7 Å². The van der Waals surface area contributed by atoms with Crippen molar-refractivity contribution in [2.24, 2.45) is 11.5 Å². The molecule has 0 fully saturated rings. The van der Waals surface area contributed by atoms with E-state index in [2.05, 4.69) is 26.7 Å². The van der Waals surface area contributed by atoms with Crippen LogP contribution in [0.1, 0.15) is 44.5 Å². The van der Waals surface area contributed by atoms with Crippen LogP contribution in [0.25, 0.3) is 22.6 Å². The van der Waals surface area contributed by atoms with Gasteiger partial charge in [0, 0.05) is 21.9 Å². The van der Waals surface area contributed by atoms with E-state index >= 15 is 0 Å². The summed E-state index contributed by atoms with van der Waals surface area (Å²) in [7, 11) is 0. The van der Waals surface area contributed by atoms with Crippen molar-refractivity contribution in [2.75, 3.05) is 18.9 Å². The van der Waals surface area contributed by atoms with E-state index in [0.29, 0.717) is 22.2 Å². The summed E-state index contributed by atoms with van der Waals surface area (Å²) in [4.78, 5) is 58.3. The average Bonchev–Trinajstić information content (AvgIpc) is 3.66. The molecule has 0 unspecified atom stereocenters. The topological polar surface area (TPSA) is 285 Å². The summed E-state index contributed by atoms with van der Waals surface area (Å²) in [5.74, 6) is -1.98. The lowest BCUT2D eigenvalue weighted by atomic mass is 9.97. The molecule has 57 heavy (non-hydrogen) atoms. The van der Waals surface area contributed by atoms with Crippen molar-refractivity contribution >= 4 is 52.9 Å². The third-order valence-corrected chi connectivity index (χ3v) is 9.20. The van der Waals surface area contributed by atoms with Crippen LogP contribution in [0, 0.1) is 22.7 Å². The number of esters is 2. The van der Waals surface area contributed by atoms with Gasteiger partial charge in [0.1, 0.15) is 65.9 Å². The Morgan fingerprint density at radius 2 is 1.42 bits per heavy atom. The van der Waals surface area contributed by atoms with E-state index in [1.165, 1.54) is 45.7 Å². The summed E-state index contributed by atoms with van der Waals surface area (Å²) in [5.41, 5.74) is 19.5. The first-order chi connectivity index (χ1) is 27.1. The van der Waals surface area contributed by atoms with Gasteiger partial charge < -0.3 is 46.5 Å². The number of nitrogens with one attached hydrogen (secondary N) is 2. The molecule has 2 amide bonds. The minimum absolute atomic E-state index is 0.00130. The highest BCUT2D eigenvalue weighted by molar-refractivity contribution is 7.98. The van der Waals surface area contributed by atoms with Crippen molar-refractivity contribution in [1.29, 1.82) is 10.5 Å². The lowest BCUT2D eigenvalue weighted by molar-refractivity contribution is -0.163. The first kappa shape index (κ1) is 43.5. The number of hydrogen-bond acceptors (Lipinski definition) is 16. The number of anilines is 1. The van der Waals surface area contributed by atoms with Gasteiger partial charge in [0.15, 0.2) is 6.10 Å². The van der Waals surface area contributed by atoms with Crippen molar-refractivity contribution in [3.8, 4) is 40.5 Å². The predicted octanol–water partition coefficient (Wildman–Crippen LogP) is 3.21. The Kier molecular flexibility index (Phi) is 15.4. The molecule has 4 aromatic rings. The van der Waals surface area contributed by atoms with Gasteiger partial charge in [0.25, 0.3) is 0 Å². The van der Waals surface area contributed by atoms with Crippen molar-refractivity contribution < 1.29 is 37.8 Å². The largest absolute Gasteiger partial charge is 0.490 e. The number of benzene rings is 2. The van der Waals surface area contributed by atoms with Crippen molar-refractivity contribution in [3.63, 3.8) is 0 Å². The lowest BCUT2D eigenvalue weighted by Crippen LogP contribution is -2.48. The van der Waals surface area contributed by atoms with Crippen LogP contribution in [-0.4, -0.2) is 77.2 Å². The average molecular weight is 818 g/mol. The number of carbonyl (C=O) groups is 4. The van der Waals surface area contributed by atoms with E-state index in [4.69, 9.17) is 47.4 Å². The number of nitrogen functional groups attached to an aromatic ring is 1. The van der Waals surface area contributed by atoms with Gasteiger partial charge in [0.2, 0.25) is 17.7 Å². The number of halogens is 1. The Morgan fingerprint density at radius 1 is 0.842 bits per heavy atom. The second-order valence-corrected chi connectivity index (χ2v) is 14.1. The maximum atomic E-state index is 12.9. The number of pyridine rings is 1. The van der Waals surface area contributed by atoms with E-state index in [1.807, 2.05) is 6.07 Å². The third-order valence-electron chi connectivity index (χ3n) is 7.94. The molecule has 2 aromatic heterocycles. The van der Waals surface area contributed by atoms with Crippen LogP contribution in [0.15, 0.2) is 64.2 Å². The number of nitrogens with zero attached hydrogens (tertiary/aromatic N) is 4. The van der Waals surface area contributed by atoms with Gasteiger partial charge in [-0.3, -0.25) is 9.59 Å². The monoisotopic (exact) mass is 817 g/mol. The number of nitrogens with two attached hydrogens (primary N) is 3. The van der Waals surface area contributed by atoms with Gasteiger partial charge in [-0.15, -0.1) is 0 Å². The van der Waals surface area contributed by atoms with Gasteiger partial charge in [-0.2, -0.15) is 10.5 Å². The number of amides is 2. The molecule has 19 heteroatoms. The van der Waals surface area contributed by atoms with E-state index < -0.39 is 60.6 Å². The Bertz CT molecular complexity index is 2170. The summed E-state index contributed by atoms with van der Waals surface area (Å²) in [6.07, 6.45) is 0.323. The normalized spacial score (nSPS) is 13.4. The Morgan fingerprint density at radius 3 is 2.00 bits per heavy atom. The number of ether oxygens (including phenoxy) is 3. The number of oxazole rings is 1. The fourth-order valence-electron chi connectivity index (χ4n) is 4.83. The quantitative estimate of drug-likeness (QED) is 0.0755. The maximum Gasteiger partial charge on any atom is 0.328 e. The second-order valence-electron chi connectivity index (χ2n) is 12.7.